The van der Waals surface area contributed by atoms with Crippen LogP contribution in [0.4, 0.5) is 4.39 Å². The highest BCUT2D eigenvalue weighted by Gasteiger charge is 2.14. The molecule has 3 N–H and O–H groups in total. The Morgan fingerprint density at radius 2 is 2.22 bits per heavy atom. The van der Waals surface area contributed by atoms with Gasteiger partial charge in [0.1, 0.15) is 11.6 Å². The van der Waals surface area contributed by atoms with Gasteiger partial charge < -0.3 is 10.7 Å². The lowest BCUT2D eigenvalue weighted by Gasteiger charge is -2.08. The van der Waals surface area contributed by atoms with E-state index in [0.717, 1.165) is 0 Å². The molecule has 0 saturated heterocycles. The highest BCUT2D eigenvalue weighted by Crippen LogP contribution is 2.27. The first-order valence-corrected chi connectivity index (χ1v) is 5.68. The van der Waals surface area contributed by atoms with Gasteiger partial charge in [-0.3, -0.25) is 4.79 Å². The smallest absolute Gasteiger partial charge is 0.251 e. The largest absolute Gasteiger partial charge is 0.323 e. The van der Waals surface area contributed by atoms with Crippen LogP contribution in [0.5, 0.6) is 0 Å². The van der Waals surface area contributed by atoms with Crippen LogP contribution >= 0.6 is 11.6 Å². The number of nitrogens with two attached hydrogens (primary N) is 1. The molecule has 2 rings (SSSR count). The summed E-state index contributed by atoms with van der Waals surface area (Å²) in [6, 6.07) is 5.12. The second-order valence-electron chi connectivity index (χ2n) is 3.90. The first kappa shape index (κ1) is 12.7. The maximum atomic E-state index is 13.7. The highest BCUT2D eigenvalue weighted by molar-refractivity contribution is 6.33. The fourth-order valence-corrected chi connectivity index (χ4v) is 1.80. The summed E-state index contributed by atoms with van der Waals surface area (Å²) in [5.41, 5.74) is 5.72. The molecule has 1 heterocycles. The minimum atomic E-state index is -0.549. The summed E-state index contributed by atoms with van der Waals surface area (Å²) in [6.07, 6.45) is 0. The molecule has 2 aromatic rings. The van der Waals surface area contributed by atoms with Gasteiger partial charge in [-0.05, 0) is 19.1 Å². The molecule has 94 valence electrons. The summed E-state index contributed by atoms with van der Waals surface area (Å²) in [5, 5.41) is 0.181. The first-order valence-electron chi connectivity index (χ1n) is 5.30. The van der Waals surface area contributed by atoms with E-state index < -0.39 is 17.4 Å². The van der Waals surface area contributed by atoms with Gasteiger partial charge in [0.15, 0.2) is 0 Å². The van der Waals surface area contributed by atoms with E-state index in [0.29, 0.717) is 5.69 Å². The minimum absolute atomic E-state index is 0.0683. The SMILES string of the molecule is CC(N)c1cc(=O)[nH]c(-c2c(F)cccc2Cl)n1. The molecule has 0 saturated carbocycles. The van der Waals surface area contributed by atoms with Gasteiger partial charge in [0, 0.05) is 12.1 Å². The molecule has 1 aromatic carbocycles. The fraction of sp³-hybridized carbons (Fsp3) is 0.167. The van der Waals surface area contributed by atoms with Gasteiger partial charge >= 0.3 is 0 Å². The van der Waals surface area contributed by atoms with Crippen molar-refractivity contribution in [3.63, 3.8) is 0 Å². The Morgan fingerprint density at radius 1 is 1.50 bits per heavy atom. The zero-order valence-corrected chi connectivity index (χ0v) is 10.3. The summed E-state index contributed by atoms with van der Waals surface area (Å²) < 4.78 is 13.7. The number of benzene rings is 1. The molecule has 0 radical (unpaired) electrons. The Labute approximate surface area is 108 Å². The topological polar surface area (TPSA) is 71.8 Å². The Kier molecular flexibility index (Phi) is 3.45. The monoisotopic (exact) mass is 267 g/mol. The molecule has 0 fully saturated rings. The normalized spacial score (nSPS) is 12.4. The minimum Gasteiger partial charge on any atom is -0.323 e. The molecular formula is C12H11ClFN3O. The number of hydrogen-bond acceptors (Lipinski definition) is 3. The van der Waals surface area contributed by atoms with Crippen molar-refractivity contribution in [2.24, 2.45) is 5.73 Å². The molecule has 0 bridgehead atoms. The third kappa shape index (κ3) is 2.42. The lowest BCUT2D eigenvalue weighted by atomic mass is 10.1. The van der Waals surface area contributed by atoms with Crippen molar-refractivity contribution >= 4 is 11.6 Å². The average molecular weight is 268 g/mol. The van der Waals surface area contributed by atoms with Gasteiger partial charge in [-0.1, -0.05) is 17.7 Å². The number of halogens is 2. The van der Waals surface area contributed by atoms with Crippen molar-refractivity contribution < 1.29 is 4.39 Å². The molecule has 18 heavy (non-hydrogen) atoms. The molecule has 0 aliphatic rings. The molecule has 4 nitrogen and oxygen atoms in total. The average Bonchev–Trinajstić information content (AvgIpc) is 2.28. The van der Waals surface area contributed by atoms with Crippen LogP contribution in [-0.2, 0) is 0 Å². The van der Waals surface area contributed by atoms with Gasteiger partial charge in [-0.2, -0.15) is 0 Å². The standard InChI is InChI=1S/C12H11ClFN3O/c1-6(15)9-5-10(18)17-12(16-9)11-7(13)3-2-4-8(11)14/h2-6H,15H2,1H3,(H,16,17,18). The Morgan fingerprint density at radius 3 is 2.83 bits per heavy atom. The van der Waals surface area contributed by atoms with Crippen molar-refractivity contribution in [2.75, 3.05) is 0 Å². The van der Waals surface area contributed by atoms with Gasteiger partial charge in [-0.15, -0.1) is 0 Å². The predicted octanol–water partition coefficient (Wildman–Crippen LogP) is 2.25. The van der Waals surface area contributed by atoms with Crippen LogP contribution in [0.2, 0.25) is 5.02 Å². The molecule has 6 heteroatoms. The Bertz CT molecular complexity index is 619. The number of rotatable bonds is 2. The Balaban J connectivity index is 2.68. The van der Waals surface area contributed by atoms with Gasteiger partial charge in [-0.25, -0.2) is 9.37 Å². The zero-order valence-electron chi connectivity index (χ0n) is 9.58. The summed E-state index contributed by atoms with van der Waals surface area (Å²) in [6.45, 7) is 1.69. The maximum Gasteiger partial charge on any atom is 0.251 e. The van der Waals surface area contributed by atoms with E-state index in [2.05, 4.69) is 9.97 Å². The van der Waals surface area contributed by atoms with Crippen LogP contribution in [-0.4, -0.2) is 9.97 Å². The maximum absolute atomic E-state index is 13.7. The summed E-state index contributed by atoms with van der Waals surface area (Å²) in [5.74, 6) is -0.467. The fourth-order valence-electron chi connectivity index (χ4n) is 1.55. The van der Waals surface area contributed by atoms with Crippen LogP contribution in [0.3, 0.4) is 0 Å². The van der Waals surface area contributed by atoms with Gasteiger partial charge in [0.2, 0.25) is 0 Å². The third-order valence-electron chi connectivity index (χ3n) is 2.43. The summed E-state index contributed by atoms with van der Waals surface area (Å²) in [7, 11) is 0. The lowest BCUT2D eigenvalue weighted by molar-refractivity contribution is 0.629. The van der Waals surface area contributed by atoms with E-state index in [1.54, 1.807) is 6.92 Å². The van der Waals surface area contributed by atoms with Crippen LogP contribution in [0.1, 0.15) is 18.7 Å². The molecule has 0 aliphatic heterocycles. The third-order valence-corrected chi connectivity index (χ3v) is 2.74. The van der Waals surface area contributed by atoms with E-state index in [1.165, 1.54) is 24.3 Å². The van der Waals surface area contributed by atoms with Crippen molar-refractivity contribution in [2.45, 2.75) is 13.0 Å². The summed E-state index contributed by atoms with van der Waals surface area (Å²) >= 11 is 5.92. The lowest BCUT2D eigenvalue weighted by Crippen LogP contribution is -2.16. The van der Waals surface area contributed by atoms with Crippen molar-refractivity contribution in [1.29, 1.82) is 0 Å². The molecule has 1 unspecified atom stereocenters. The van der Waals surface area contributed by atoms with Crippen molar-refractivity contribution in [3.8, 4) is 11.4 Å². The van der Waals surface area contributed by atoms with Gasteiger partial charge in [0.25, 0.3) is 5.56 Å². The summed E-state index contributed by atoms with van der Waals surface area (Å²) in [4.78, 5) is 18.1. The molecule has 1 atom stereocenters. The predicted molar refractivity (Wildman–Crippen MR) is 67.9 cm³/mol. The molecule has 1 aromatic heterocycles. The zero-order chi connectivity index (χ0) is 13.3. The quantitative estimate of drug-likeness (QED) is 0.877. The van der Waals surface area contributed by atoms with Crippen LogP contribution in [0.25, 0.3) is 11.4 Å². The highest BCUT2D eigenvalue weighted by atomic mass is 35.5. The number of hydrogen-bond donors (Lipinski definition) is 2. The second kappa shape index (κ2) is 4.88. The van der Waals surface area contributed by atoms with E-state index in [-0.39, 0.29) is 16.4 Å². The second-order valence-corrected chi connectivity index (χ2v) is 4.31. The molecule has 0 spiro atoms. The first-order chi connectivity index (χ1) is 8.49. The van der Waals surface area contributed by atoms with Crippen LogP contribution in [0.15, 0.2) is 29.1 Å². The van der Waals surface area contributed by atoms with E-state index in [4.69, 9.17) is 17.3 Å². The van der Waals surface area contributed by atoms with Crippen molar-refractivity contribution in [1.82, 2.24) is 9.97 Å². The Hall–Kier alpha value is -1.72. The number of nitrogens with one attached hydrogen (secondary N) is 1. The van der Waals surface area contributed by atoms with Crippen molar-refractivity contribution in [3.05, 3.63) is 51.2 Å². The van der Waals surface area contributed by atoms with Crippen LogP contribution in [0, 0.1) is 5.82 Å². The number of H-pyrrole nitrogens is 1. The number of aromatic amines is 1. The van der Waals surface area contributed by atoms with E-state index in [1.807, 2.05) is 0 Å². The number of nitrogens with zero attached hydrogens (tertiary/aromatic N) is 1. The van der Waals surface area contributed by atoms with E-state index >= 15 is 0 Å². The number of aromatic nitrogens is 2. The van der Waals surface area contributed by atoms with Crippen LogP contribution < -0.4 is 11.3 Å². The molecule has 0 amide bonds. The molecule has 0 aliphatic carbocycles. The molecular weight excluding hydrogens is 257 g/mol. The van der Waals surface area contributed by atoms with E-state index in [9.17, 15) is 9.18 Å². The van der Waals surface area contributed by atoms with Gasteiger partial charge in [0.05, 0.1) is 16.3 Å².